The highest BCUT2D eigenvalue weighted by Crippen LogP contribution is 2.22. The predicted octanol–water partition coefficient (Wildman–Crippen LogP) is 5.25. The highest BCUT2D eigenvalue weighted by Gasteiger charge is 2.14. The van der Waals surface area contributed by atoms with Crippen LogP contribution in [0.4, 0.5) is 0 Å². The molecule has 170 valence electrons. The molecule has 0 aromatic heterocycles. The van der Waals surface area contributed by atoms with Gasteiger partial charge in [-0.05, 0) is 54.8 Å². The highest BCUT2D eigenvalue weighted by atomic mass is 16.5. The van der Waals surface area contributed by atoms with E-state index in [4.69, 9.17) is 18.9 Å². The summed E-state index contributed by atoms with van der Waals surface area (Å²) in [6.07, 6.45) is 8.15. The number of esters is 2. The topological polar surface area (TPSA) is 71.1 Å². The number of carbonyl (C=O) groups is 2. The van der Waals surface area contributed by atoms with E-state index in [2.05, 4.69) is 6.58 Å². The molecule has 0 unspecified atom stereocenters. The number of benzene rings is 2. The Labute approximate surface area is 189 Å². The minimum atomic E-state index is -0.449. The van der Waals surface area contributed by atoms with Crippen molar-refractivity contribution in [2.45, 2.75) is 51.2 Å². The molecule has 1 aliphatic rings. The van der Waals surface area contributed by atoms with E-state index in [1.807, 2.05) is 12.1 Å². The molecule has 0 spiro atoms. The molecule has 2 aromatic rings. The van der Waals surface area contributed by atoms with Gasteiger partial charge < -0.3 is 18.9 Å². The average molecular weight is 439 g/mol. The van der Waals surface area contributed by atoms with Crippen molar-refractivity contribution in [2.75, 3.05) is 13.2 Å². The van der Waals surface area contributed by atoms with Crippen molar-refractivity contribution in [3.8, 4) is 11.5 Å². The van der Waals surface area contributed by atoms with Crippen LogP contribution in [0.2, 0.25) is 0 Å². The van der Waals surface area contributed by atoms with Gasteiger partial charge in [0.1, 0.15) is 11.5 Å². The summed E-state index contributed by atoms with van der Waals surface area (Å²) in [5.74, 6) is 0.235. The Kier molecular flexibility index (Phi) is 9.32. The molecule has 0 aliphatic heterocycles. The smallest absolute Gasteiger partial charge is 0.343 e. The molecule has 6 heteroatoms. The first-order chi connectivity index (χ1) is 15.6. The normalized spacial score (nSPS) is 13.9. The van der Waals surface area contributed by atoms with E-state index in [0.717, 1.165) is 24.5 Å². The Bertz CT molecular complexity index is 866. The van der Waals surface area contributed by atoms with E-state index in [9.17, 15) is 9.59 Å². The lowest BCUT2D eigenvalue weighted by atomic mass is 9.98. The Morgan fingerprint density at radius 2 is 1.59 bits per heavy atom. The van der Waals surface area contributed by atoms with E-state index >= 15 is 0 Å². The van der Waals surface area contributed by atoms with Crippen molar-refractivity contribution in [2.24, 2.45) is 0 Å². The zero-order chi connectivity index (χ0) is 22.6. The second-order valence-electron chi connectivity index (χ2n) is 7.70. The molecule has 0 saturated heterocycles. The van der Waals surface area contributed by atoms with Gasteiger partial charge >= 0.3 is 11.9 Å². The molecule has 3 rings (SSSR count). The fourth-order valence-electron chi connectivity index (χ4n) is 3.43. The summed E-state index contributed by atoms with van der Waals surface area (Å²) >= 11 is 0. The molecule has 32 heavy (non-hydrogen) atoms. The molecule has 2 aromatic carbocycles. The van der Waals surface area contributed by atoms with Gasteiger partial charge in [-0.3, -0.25) is 0 Å². The van der Waals surface area contributed by atoms with Gasteiger partial charge in [0.05, 0.1) is 31.5 Å². The Balaban J connectivity index is 1.40. The van der Waals surface area contributed by atoms with Crippen LogP contribution in [0.15, 0.2) is 61.2 Å². The summed E-state index contributed by atoms with van der Waals surface area (Å²) in [6, 6.07) is 14.1. The standard InChI is InChI=1S/C26H30O6/c1-2-25(27)30-18-6-17-29-23-15-11-21(12-16-23)26(28)32-24-13-9-20(10-14-24)19-31-22-7-4-3-5-8-22/h2,9-16,22H,1,3-8,17-19H2. The Hall–Kier alpha value is -3.12. The van der Waals surface area contributed by atoms with Crippen LogP contribution in [-0.2, 0) is 20.9 Å². The van der Waals surface area contributed by atoms with Gasteiger partial charge in [0, 0.05) is 12.5 Å². The minimum Gasteiger partial charge on any atom is -0.493 e. The summed E-state index contributed by atoms with van der Waals surface area (Å²) in [6.45, 7) is 4.57. The minimum absolute atomic E-state index is 0.265. The molecular formula is C26H30O6. The number of ether oxygens (including phenoxy) is 4. The third-order valence-electron chi connectivity index (χ3n) is 5.23. The lowest BCUT2D eigenvalue weighted by Gasteiger charge is -2.22. The SMILES string of the molecule is C=CC(=O)OCCCOc1ccc(C(=O)Oc2ccc(COC3CCCCC3)cc2)cc1. The summed E-state index contributed by atoms with van der Waals surface area (Å²) < 4.78 is 21.9. The van der Waals surface area contributed by atoms with Crippen LogP contribution in [0.1, 0.15) is 54.4 Å². The van der Waals surface area contributed by atoms with Crippen molar-refractivity contribution >= 4 is 11.9 Å². The van der Waals surface area contributed by atoms with Gasteiger partial charge in [0.15, 0.2) is 0 Å². The van der Waals surface area contributed by atoms with Crippen LogP contribution >= 0.6 is 0 Å². The molecular weight excluding hydrogens is 408 g/mol. The van der Waals surface area contributed by atoms with Crippen LogP contribution in [-0.4, -0.2) is 31.3 Å². The molecule has 1 aliphatic carbocycles. The highest BCUT2D eigenvalue weighted by molar-refractivity contribution is 5.91. The van der Waals surface area contributed by atoms with E-state index in [0.29, 0.717) is 42.8 Å². The second-order valence-corrected chi connectivity index (χ2v) is 7.70. The van der Waals surface area contributed by atoms with Crippen molar-refractivity contribution < 1.29 is 28.5 Å². The third kappa shape index (κ3) is 7.85. The zero-order valence-corrected chi connectivity index (χ0v) is 18.3. The van der Waals surface area contributed by atoms with E-state index in [1.165, 1.54) is 19.3 Å². The lowest BCUT2D eigenvalue weighted by molar-refractivity contribution is -0.137. The number of hydrogen-bond donors (Lipinski definition) is 0. The van der Waals surface area contributed by atoms with E-state index in [1.54, 1.807) is 36.4 Å². The monoisotopic (exact) mass is 438 g/mol. The van der Waals surface area contributed by atoms with Gasteiger partial charge in [0.2, 0.25) is 0 Å². The fourth-order valence-corrected chi connectivity index (χ4v) is 3.43. The molecule has 0 heterocycles. The van der Waals surface area contributed by atoms with Crippen LogP contribution in [0, 0.1) is 0 Å². The van der Waals surface area contributed by atoms with E-state index < -0.39 is 11.9 Å². The first-order valence-electron chi connectivity index (χ1n) is 11.1. The van der Waals surface area contributed by atoms with Crippen molar-refractivity contribution in [1.29, 1.82) is 0 Å². The number of carbonyl (C=O) groups excluding carboxylic acids is 2. The summed E-state index contributed by atoms with van der Waals surface area (Å²) in [5, 5.41) is 0. The number of hydrogen-bond acceptors (Lipinski definition) is 6. The first kappa shape index (κ1) is 23.5. The first-order valence-corrected chi connectivity index (χ1v) is 11.1. The van der Waals surface area contributed by atoms with Gasteiger partial charge in [0.25, 0.3) is 0 Å². The number of rotatable bonds is 11. The molecule has 1 saturated carbocycles. The molecule has 1 fully saturated rings. The summed E-state index contributed by atoms with van der Waals surface area (Å²) in [7, 11) is 0. The largest absolute Gasteiger partial charge is 0.493 e. The van der Waals surface area contributed by atoms with Crippen LogP contribution < -0.4 is 9.47 Å². The van der Waals surface area contributed by atoms with Crippen molar-refractivity contribution in [3.05, 3.63) is 72.3 Å². The molecule has 0 bridgehead atoms. The Morgan fingerprint density at radius 3 is 2.28 bits per heavy atom. The second kappa shape index (κ2) is 12.7. The fraction of sp³-hybridized carbons (Fsp3) is 0.385. The maximum atomic E-state index is 12.4. The Morgan fingerprint density at radius 1 is 0.906 bits per heavy atom. The van der Waals surface area contributed by atoms with Crippen LogP contribution in [0.3, 0.4) is 0 Å². The molecule has 0 atom stereocenters. The van der Waals surface area contributed by atoms with Gasteiger partial charge in [-0.1, -0.05) is 38.0 Å². The van der Waals surface area contributed by atoms with Gasteiger partial charge in [-0.25, -0.2) is 9.59 Å². The van der Waals surface area contributed by atoms with Crippen molar-refractivity contribution in [1.82, 2.24) is 0 Å². The summed E-state index contributed by atoms with van der Waals surface area (Å²) in [5.41, 5.74) is 1.50. The average Bonchev–Trinajstić information content (AvgIpc) is 2.84. The summed E-state index contributed by atoms with van der Waals surface area (Å²) in [4.78, 5) is 23.3. The predicted molar refractivity (Wildman–Crippen MR) is 121 cm³/mol. The van der Waals surface area contributed by atoms with Crippen LogP contribution in [0.5, 0.6) is 11.5 Å². The van der Waals surface area contributed by atoms with Gasteiger partial charge in [-0.2, -0.15) is 0 Å². The lowest BCUT2D eigenvalue weighted by Crippen LogP contribution is -2.16. The molecule has 0 amide bonds. The quantitative estimate of drug-likeness (QED) is 0.206. The third-order valence-corrected chi connectivity index (χ3v) is 5.23. The molecule has 6 nitrogen and oxygen atoms in total. The maximum absolute atomic E-state index is 12.4. The molecule has 0 N–H and O–H groups in total. The van der Waals surface area contributed by atoms with Crippen LogP contribution in [0.25, 0.3) is 0 Å². The van der Waals surface area contributed by atoms with Crippen molar-refractivity contribution in [3.63, 3.8) is 0 Å². The zero-order valence-electron chi connectivity index (χ0n) is 18.3. The van der Waals surface area contributed by atoms with E-state index in [-0.39, 0.29) is 6.61 Å². The maximum Gasteiger partial charge on any atom is 0.343 e. The van der Waals surface area contributed by atoms with Gasteiger partial charge in [-0.15, -0.1) is 0 Å². The molecule has 0 radical (unpaired) electrons.